The lowest BCUT2D eigenvalue weighted by atomic mass is 10.1. The Labute approximate surface area is 124 Å². The summed E-state index contributed by atoms with van der Waals surface area (Å²) in [5.41, 5.74) is 4.07. The molecule has 1 aromatic heterocycles. The topological polar surface area (TPSA) is 58.4 Å². The lowest BCUT2D eigenvalue weighted by molar-refractivity contribution is -0.142. The number of likely N-dealkylation sites (N-methyl/N-ethyl adjacent to an activating group) is 1. The number of aromatic nitrogens is 2. The van der Waals surface area contributed by atoms with Crippen molar-refractivity contribution in [2.24, 2.45) is 0 Å². The van der Waals surface area contributed by atoms with Crippen LogP contribution in [0.2, 0.25) is 0 Å². The molecule has 0 saturated heterocycles. The summed E-state index contributed by atoms with van der Waals surface area (Å²) in [4.78, 5) is 12.9. The number of nitrogens with zero attached hydrogens (tertiary/aromatic N) is 3. The minimum absolute atomic E-state index is 0.524. The van der Waals surface area contributed by atoms with Gasteiger partial charge in [0.25, 0.3) is 0 Å². The van der Waals surface area contributed by atoms with E-state index in [1.807, 2.05) is 60.8 Å². The molecule has 0 spiro atoms. The molecule has 1 N–H and O–H groups in total. The summed E-state index contributed by atoms with van der Waals surface area (Å²) >= 11 is 0. The van der Waals surface area contributed by atoms with Crippen molar-refractivity contribution in [2.75, 3.05) is 7.05 Å². The van der Waals surface area contributed by atoms with Crippen LogP contribution in [0.1, 0.15) is 23.9 Å². The fraction of sp³-hybridized carbons (Fsp3) is 0.375. The van der Waals surface area contributed by atoms with Gasteiger partial charge in [0.2, 0.25) is 0 Å². The minimum Gasteiger partial charge on any atom is -0.480 e. The van der Waals surface area contributed by atoms with E-state index in [4.69, 9.17) is 5.11 Å². The first-order chi connectivity index (χ1) is 9.91. The highest BCUT2D eigenvalue weighted by Crippen LogP contribution is 2.19. The molecule has 1 aromatic carbocycles. The number of carboxylic acid groups (broad SMARTS) is 1. The second-order valence-electron chi connectivity index (χ2n) is 5.33. The van der Waals surface area contributed by atoms with Gasteiger partial charge >= 0.3 is 5.97 Å². The molecular weight excluding hydrogens is 266 g/mol. The highest BCUT2D eigenvalue weighted by atomic mass is 16.4. The quantitative estimate of drug-likeness (QED) is 0.917. The number of hydrogen-bond donors (Lipinski definition) is 1. The molecule has 0 saturated carbocycles. The predicted octanol–water partition coefficient (Wildman–Crippen LogP) is 2.39. The van der Waals surface area contributed by atoms with Crippen molar-refractivity contribution in [3.8, 4) is 5.69 Å². The van der Waals surface area contributed by atoms with Crippen LogP contribution < -0.4 is 0 Å². The van der Waals surface area contributed by atoms with Gasteiger partial charge in [-0.25, -0.2) is 4.68 Å². The second kappa shape index (κ2) is 6.10. The Morgan fingerprint density at radius 1 is 1.33 bits per heavy atom. The molecule has 0 amide bonds. The van der Waals surface area contributed by atoms with Crippen molar-refractivity contribution in [2.45, 2.75) is 33.4 Å². The van der Waals surface area contributed by atoms with Crippen LogP contribution in [0.5, 0.6) is 0 Å². The Morgan fingerprint density at radius 2 is 1.95 bits per heavy atom. The summed E-state index contributed by atoms with van der Waals surface area (Å²) in [5.74, 6) is -0.816. The summed E-state index contributed by atoms with van der Waals surface area (Å²) in [6.45, 7) is 6.23. The molecule has 5 heteroatoms. The third-order valence-corrected chi connectivity index (χ3v) is 3.87. The number of rotatable bonds is 5. The first-order valence-electron chi connectivity index (χ1n) is 6.95. The van der Waals surface area contributed by atoms with Crippen LogP contribution in [0.4, 0.5) is 0 Å². The van der Waals surface area contributed by atoms with Gasteiger partial charge in [0, 0.05) is 17.8 Å². The van der Waals surface area contributed by atoms with E-state index in [0.717, 1.165) is 22.6 Å². The molecule has 2 rings (SSSR count). The zero-order chi connectivity index (χ0) is 15.6. The minimum atomic E-state index is -0.816. The van der Waals surface area contributed by atoms with E-state index in [-0.39, 0.29) is 0 Å². The van der Waals surface area contributed by atoms with Crippen LogP contribution in [0.25, 0.3) is 5.69 Å². The van der Waals surface area contributed by atoms with Gasteiger partial charge in [0.05, 0.1) is 11.4 Å². The Morgan fingerprint density at radius 3 is 2.52 bits per heavy atom. The first-order valence-corrected chi connectivity index (χ1v) is 6.95. The van der Waals surface area contributed by atoms with Gasteiger partial charge in [-0.15, -0.1) is 0 Å². The van der Waals surface area contributed by atoms with Crippen molar-refractivity contribution in [1.29, 1.82) is 0 Å². The zero-order valence-electron chi connectivity index (χ0n) is 12.9. The van der Waals surface area contributed by atoms with Crippen molar-refractivity contribution < 1.29 is 9.90 Å². The molecule has 0 bridgehead atoms. The highest BCUT2D eigenvalue weighted by molar-refractivity contribution is 5.72. The molecule has 1 heterocycles. The third kappa shape index (κ3) is 3.13. The second-order valence-corrected chi connectivity index (χ2v) is 5.33. The molecule has 2 aromatic rings. The Bertz CT molecular complexity index is 634. The van der Waals surface area contributed by atoms with Gasteiger partial charge in [-0.2, -0.15) is 5.10 Å². The van der Waals surface area contributed by atoms with Crippen LogP contribution in [-0.2, 0) is 11.3 Å². The van der Waals surface area contributed by atoms with E-state index < -0.39 is 12.0 Å². The number of benzene rings is 1. The molecule has 0 radical (unpaired) electrons. The van der Waals surface area contributed by atoms with Crippen molar-refractivity contribution in [3.63, 3.8) is 0 Å². The SMILES string of the molecule is Cc1nn(-c2ccccc2)c(C)c1CN(C)[C@@H](C)C(=O)O. The van der Waals surface area contributed by atoms with Crippen molar-refractivity contribution >= 4 is 5.97 Å². The fourth-order valence-corrected chi connectivity index (χ4v) is 2.30. The molecule has 0 unspecified atom stereocenters. The maximum absolute atomic E-state index is 11.1. The van der Waals surface area contributed by atoms with E-state index in [9.17, 15) is 4.79 Å². The van der Waals surface area contributed by atoms with Crippen molar-refractivity contribution in [1.82, 2.24) is 14.7 Å². The van der Waals surface area contributed by atoms with Gasteiger partial charge in [0.1, 0.15) is 6.04 Å². The number of aliphatic carboxylic acids is 1. The Balaban J connectivity index is 2.30. The molecule has 0 aliphatic rings. The average molecular weight is 287 g/mol. The Kier molecular flexibility index (Phi) is 4.43. The van der Waals surface area contributed by atoms with Gasteiger partial charge < -0.3 is 5.11 Å². The lowest BCUT2D eigenvalue weighted by Crippen LogP contribution is -2.35. The summed E-state index contributed by atoms with van der Waals surface area (Å²) in [7, 11) is 1.82. The number of para-hydroxylation sites is 1. The largest absolute Gasteiger partial charge is 0.480 e. The molecule has 0 fully saturated rings. The number of carboxylic acids is 1. The van der Waals surface area contributed by atoms with Crippen LogP contribution >= 0.6 is 0 Å². The third-order valence-electron chi connectivity index (χ3n) is 3.87. The van der Waals surface area contributed by atoms with Crippen molar-refractivity contribution in [3.05, 3.63) is 47.3 Å². The van der Waals surface area contributed by atoms with Gasteiger partial charge in [-0.1, -0.05) is 18.2 Å². The standard InChI is InChI=1S/C16H21N3O2/c1-11-15(10-18(4)13(3)16(20)21)12(2)19(17-11)14-8-6-5-7-9-14/h5-9,13H,10H2,1-4H3,(H,20,21)/t13-/m0/s1. The molecule has 0 aliphatic carbocycles. The summed E-state index contributed by atoms with van der Waals surface area (Å²) in [6, 6.07) is 9.41. The van der Waals surface area contributed by atoms with E-state index in [1.165, 1.54) is 0 Å². The van der Waals surface area contributed by atoms with Crippen LogP contribution in [0.15, 0.2) is 30.3 Å². The maximum atomic E-state index is 11.1. The van der Waals surface area contributed by atoms with E-state index in [2.05, 4.69) is 5.10 Å². The first kappa shape index (κ1) is 15.3. The van der Waals surface area contributed by atoms with Crippen LogP contribution in [0, 0.1) is 13.8 Å². The average Bonchev–Trinajstić information content (AvgIpc) is 2.75. The summed E-state index contributed by atoms with van der Waals surface area (Å²) in [6.07, 6.45) is 0. The molecule has 1 atom stereocenters. The van der Waals surface area contributed by atoms with E-state index in [1.54, 1.807) is 6.92 Å². The number of carbonyl (C=O) groups is 1. The van der Waals surface area contributed by atoms with Gasteiger partial charge in [-0.05, 0) is 40.0 Å². The monoisotopic (exact) mass is 287 g/mol. The lowest BCUT2D eigenvalue weighted by Gasteiger charge is -2.21. The molecule has 112 valence electrons. The van der Waals surface area contributed by atoms with E-state index in [0.29, 0.717) is 6.54 Å². The molecule has 5 nitrogen and oxygen atoms in total. The Hall–Kier alpha value is -2.14. The molecule has 21 heavy (non-hydrogen) atoms. The zero-order valence-corrected chi connectivity index (χ0v) is 12.9. The maximum Gasteiger partial charge on any atom is 0.320 e. The fourth-order valence-electron chi connectivity index (χ4n) is 2.30. The van der Waals surface area contributed by atoms with Crippen LogP contribution in [-0.4, -0.2) is 38.8 Å². The normalized spacial score (nSPS) is 12.6. The van der Waals surface area contributed by atoms with Crippen LogP contribution in [0.3, 0.4) is 0 Å². The number of aryl methyl sites for hydroxylation is 1. The smallest absolute Gasteiger partial charge is 0.320 e. The molecular formula is C16H21N3O2. The summed E-state index contributed by atoms with van der Waals surface area (Å²) in [5, 5.41) is 13.7. The molecule has 0 aliphatic heterocycles. The van der Waals surface area contributed by atoms with Gasteiger partial charge in [0.15, 0.2) is 0 Å². The number of hydrogen-bond acceptors (Lipinski definition) is 3. The van der Waals surface area contributed by atoms with E-state index >= 15 is 0 Å². The van der Waals surface area contributed by atoms with Gasteiger partial charge in [-0.3, -0.25) is 9.69 Å². The highest BCUT2D eigenvalue weighted by Gasteiger charge is 2.20. The summed E-state index contributed by atoms with van der Waals surface area (Å²) < 4.78 is 1.91. The predicted molar refractivity (Wildman–Crippen MR) is 81.6 cm³/mol.